The minimum absolute atomic E-state index is 0.275. The molecule has 0 spiro atoms. The van der Waals surface area contributed by atoms with Gasteiger partial charge < -0.3 is 9.63 Å². The second-order valence-electron chi connectivity index (χ2n) is 4.77. The van der Waals surface area contributed by atoms with Crippen LogP contribution in [0.5, 0.6) is 0 Å². The first-order valence-electron chi connectivity index (χ1n) is 5.84. The summed E-state index contributed by atoms with van der Waals surface area (Å²) in [4.78, 5) is 6.59. The molecule has 0 amide bonds. The Morgan fingerprint density at radius 2 is 2.38 bits per heavy atom. The van der Waals surface area contributed by atoms with Crippen molar-refractivity contribution in [2.45, 2.75) is 32.7 Å². The maximum absolute atomic E-state index is 9.05. The predicted octanol–water partition coefficient (Wildman–Crippen LogP) is 1.01. The van der Waals surface area contributed by atoms with Gasteiger partial charge in [0.25, 0.3) is 0 Å². The van der Waals surface area contributed by atoms with E-state index in [1.807, 2.05) is 13.8 Å². The van der Waals surface area contributed by atoms with Crippen molar-refractivity contribution in [1.82, 2.24) is 15.0 Å². The van der Waals surface area contributed by atoms with Crippen molar-refractivity contribution in [1.29, 1.82) is 0 Å². The molecule has 5 nitrogen and oxygen atoms in total. The summed E-state index contributed by atoms with van der Waals surface area (Å²) in [5.41, 5.74) is 0. The molecule has 1 aromatic heterocycles. The highest BCUT2D eigenvalue weighted by Crippen LogP contribution is 2.18. The summed E-state index contributed by atoms with van der Waals surface area (Å²) in [5.74, 6) is 2.17. The van der Waals surface area contributed by atoms with E-state index in [4.69, 9.17) is 9.63 Å². The van der Waals surface area contributed by atoms with Crippen molar-refractivity contribution >= 4 is 0 Å². The molecular weight excluding hydrogens is 206 g/mol. The Kier molecular flexibility index (Phi) is 3.56. The number of aliphatic hydroxyl groups is 1. The Hall–Kier alpha value is -0.940. The van der Waals surface area contributed by atoms with Gasteiger partial charge in [0, 0.05) is 19.1 Å². The van der Waals surface area contributed by atoms with Gasteiger partial charge in [0.1, 0.15) is 0 Å². The molecule has 5 heteroatoms. The van der Waals surface area contributed by atoms with Crippen LogP contribution in [0.3, 0.4) is 0 Å². The van der Waals surface area contributed by atoms with E-state index in [-0.39, 0.29) is 6.61 Å². The van der Waals surface area contributed by atoms with Crippen LogP contribution in [-0.4, -0.2) is 39.8 Å². The lowest BCUT2D eigenvalue weighted by Crippen LogP contribution is -2.21. The van der Waals surface area contributed by atoms with Gasteiger partial charge in [-0.05, 0) is 18.9 Å². The van der Waals surface area contributed by atoms with Gasteiger partial charge in [0.2, 0.25) is 5.89 Å². The van der Waals surface area contributed by atoms with E-state index in [9.17, 15) is 0 Å². The normalized spacial score (nSPS) is 22.1. The molecule has 1 fully saturated rings. The van der Waals surface area contributed by atoms with Crippen molar-refractivity contribution in [3.05, 3.63) is 11.7 Å². The molecule has 1 N–H and O–H groups in total. The highest BCUT2D eigenvalue weighted by Gasteiger charge is 2.23. The fraction of sp³-hybridized carbons (Fsp3) is 0.818. The van der Waals surface area contributed by atoms with Gasteiger partial charge in [-0.15, -0.1) is 0 Å². The monoisotopic (exact) mass is 225 g/mol. The third-order valence-electron chi connectivity index (χ3n) is 2.99. The SMILES string of the molecule is CC(C)c1noc(CN2CC[C@@H](CO)C2)n1. The number of aromatic nitrogens is 2. The molecule has 16 heavy (non-hydrogen) atoms. The van der Waals surface area contributed by atoms with Crippen LogP contribution in [0, 0.1) is 5.92 Å². The van der Waals surface area contributed by atoms with Crippen molar-refractivity contribution in [3.63, 3.8) is 0 Å². The average molecular weight is 225 g/mol. The minimum atomic E-state index is 0.275. The number of nitrogens with zero attached hydrogens (tertiary/aromatic N) is 3. The fourth-order valence-electron chi connectivity index (χ4n) is 1.96. The second kappa shape index (κ2) is 4.93. The summed E-state index contributed by atoms with van der Waals surface area (Å²) in [6, 6.07) is 0. The maximum atomic E-state index is 9.05. The number of hydrogen-bond donors (Lipinski definition) is 1. The Morgan fingerprint density at radius 3 is 2.94 bits per heavy atom. The van der Waals surface area contributed by atoms with E-state index in [2.05, 4.69) is 15.0 Å². The summed E-state index contributed by atoms with van der Waals surface area (Å²) >= 11 is 0. The van der Waals surface area contributed by atoms with Crippen LogP contribution >= 0.6 is 0 Å². The highest BCUT2D eigenvalue weighted by atomic mass is 16.5. The Morgan fingerprint density at radius 1 is 1.56 bits per heavy atom. The molecule has 2 heterocycles. The van der Waals surface area contributed by atoms with Gasteiger partial charge in [-0.1, -0.05) is 19.0 Å². The fourth-order valence-corrected chi connectivity index (χ4v) is 1.96. The zero-order valence-electron chi connectivity index (χ0n) is 9.89. The first-order valence-corrected chi connectivity index (χ1v) is 5.84. The van der Waals surface area contributed by atoms with Gasteiger partial charge >= 0.3 is 0 Å². The summed E-state index contributed by atoms with van der Waals surface area (Å²) in [6.07, 6.45) is 1.06. The van der Waals surface area contributed by atoms with E-state index in [0.717, 1.165) is 25.3 Å². The van der Waals surface area contributed by atoms with Crippen LogP contribution in [0.15, 0.2) is 4.52 Å². The number of aliphatic hydroxyl groups excluding tert-OH is 1. The van der Waals surface area contributed by atoms with Crippen LogP contribution in [0.1, 0.15) is 37.9 Å². The van der Waals surface area contributed by atoms with Gasteiger partial charge in [-0.3, -0.25) is 4.90 Å². The van der Waals surface area contributed by atoms with E-state index in [0.29, 0.717) is 24.3 Å². The maximum Gasteiger partial charge on any atom is 0.240 e. The van der Waals surface area contributed by atoms with Gasteiger partial charge in [0.15, 0.2) is 5.82 Å². The molecule has 1 saturated heterocycles. The van der Waals surface area contributed by atoms with Crippen molar-refractivity contribution < 1.29 is 9.63 Å². The van der Waals surface area contributed by atoms with Gasteiger partial charge in [-0.25, -0.2) is 0 Å². The smallest absolute Gasteiger partial charge is 0.240 e. The molecule has 0 aromatic carbocycles. The second-order valence-corrected chi connectivity index (χ2v) is 4.77. The third kappa shape index (κ3) is 2.59. The topological polar surface area (TPSA) is 62.4 Å². The summed E-state index contributed by atoms with van der Waals surface area (Å²) in [5, 5.41) is 13.0. The molecular formula is C11H19N3O2. The standard InChI is InChI=1S/C11H19N3O2/c1-8(2)11-12-10(16-13-11)6-14-4-3-9(5-14)7-15/h8-9,15H,3-7H2,1-2H3/t9-/m1/s1. The summed E-state index contributed by atoms with van der Waals surface area (Å²) in [6.45, 7) is 7.01. The van der Waals surface area contributed by atoms with Crippen molar-refractivity contribution in [2.75, 3.05) is 19.7 Å². The van der Waals surface area contributed by atoms with E-state index in [1.54, 1.807) is 0 Å². The highest BCUT2D eigenvalue weighted by molar-refractivity contribution is 4.92. The molecule has 0 bridgehead atoms. The Labute approximate surface area is 95.4 Å². The molecule has 1 atom stereocenters. The molecule has 0 unspecified atom stereocenters. The number of rotatable bonds is 4. The molecule has 2 rings (SSSR count). The quantitative estimate of drug-likeness (QED) is 0.828. The van der Waals surface area contributed by atoms with Crippen molar-refractivity contribution in [3.8, 4) is 0 Å². The number of hydrogen-bond acceptors (Lipinski definition) is 5. The van der Waals surface area contributed by atoms with Gasteiger partial charge in [0.05, 0.1) is 6.54 Å². The lowest BCUT2D eigenvalue weighted by molar-refractivity contribution is 0.211. The third-order valence-corrected chi connectivity index (χ3v) is 2.99. The first-order chi connectivity index (χ1) is 7.69. The summed E-state index contributed by atoms with van der Waals surface area (Å²) < 4.78 is 5.19. The average Bonchev–Trinajstić information content (AvgIpc) is 2.87. The Balaban J connectivity index is 1.89. The molecule has 1 aliphatic rings. The molecule has 0 aliphatic carbocycles. The van der Waals surface area contributed by atoms with E-state index >= 15 is 0 Å². The first kappa shape index (κ1) is 11.5. The summed E-state index contributed by atoms with van der Waals surface area (Å²) in [7, 11) is 0. The number of likely N-dealkylation sites (tertiary alicyclic amines) is 1. The molecule has 90 valence electrons. The van der Waals surface area contributed by atoms with Crippen molar-refractivity contribution in [2.24, 2.45) is 5.92 Å². The predicted molar refractivity (Wildman–Crippen MR) is 58.9 cm³/mol. The van der Waals surface area contributed by atoms with Crippen LogP contribution in [-0.2, 0) is 6.54 Å². The molecule has 0 saturated carbocycles. The zero-order valence-corrected chi connectivity index (χ0v) is 9.89. The van der Waals surface area contributed by atoms with Gasteiger partial charge in [-0.2, -0.15) is 4.98 Å². The van der Waals surface area contributed by atoms with E-state index < -0.39 is 0 Å². The molecule has 0 radical (unpaired) electrons. The largest absolute Gasteiger partial charge is 0.396 e. The Bertz CT molecular complexity index is 338. The van der Waals surface area contributed by atoms with Crippen LogP contribution < -0.4 is 0 Å². The lowest BCUT2D eigenvalue weighted by atomic mass is 10.1. The van der Waals surface area contributed by atoms with Crippen LogP contribution in [0.25, 0.3) is 0 Å². The minimum Gasteiger partial charge on any atom is -0.396 e. The molecule has 1 aromatic rings. The zero-order chi connectivity index (χ0) is 11.5. The lowest BCUT2D eigenvalue weighted by Gasteiger charge is -2.11. The van der Waals surface area contributed by atoms with E-state index in [1.165, 1.54) is 0 Å². The van der Waals surface area contributed by atoms with Crippen LogP contribution in [0.4, 0.5) is 0 Å². The van der Waals surface area contributed by atoms with Crippen LogP contribution in [0.2, 0.25) is 0 Å². The molecule has 1 aliphatic heterocycles.